The fraction of sp³-hybridized carbons (Fsp3) is 0.381. The molecule has 0 aliphatic carbocycles. The van der Waals surface area contributed by atoms with Gasteiger partial charge in [-0.15, -0.1) is 0 Å². The zero-order chi connectivity index (χ0) is 18.5. The number of piperidine rings is 1. The molecule has 2 aromatic rings. The van der Waals surface area contributed by atoms with Crippen molar-refractivity contribution in [1.29, 1.82) is 0 Å². The van der Waals surface area contributed by atoms with Crippen LogP contribution in [0.3, 0.4) is 0 Å². The number of hydrogen-bond acceptors (Lipinski definition) is 2. The summed E-state index contributed by atoms with van der Waals surface area (Å²) in [7, 11) is 0. The van der Waals surface area contributed by atoms with E-state index in [2.05, 4.69) is 29.3 Å². The predicted octanol–water partition coefficient (Wildman–Crippen LogP) is 4.83. The molecule has 3 rings (SSSR count). The van der Waals surface area contributed by atoms with E-state index < -0.39 is 0 Å². The Labute approximate surface area is 165 Å². The van der Waals surface area contributed by atoms with Gasteiger partial charge in [0.1, 0.15) is 0 Å². The molecule has 1 aliphatic heterocycles. The van der Waals surface area contributed by atoms with Gasteiger partial charge < -0.3 is 5.32 Å². The summed E-state index contributed by atoms with van der Waals surface area (Å²) in [4.78, 5) is 14.9. The SMILES string of the molecule is Cc1ccccc1CNC(=O)C1CCCN(Cc2ccc(Cl)cc2Cl)C1. The first-order chi connectivity index (χ1) is 12.5. The van der Waals surface area contributed by atoms with Gasteiger partial charge in [-0.05, 0) is 55.1 Å². The van der Waals surface area contributed by atoms with E-state index in [4.69, 9.17) is 23.2 Å². The predicted molar refractivity (Wildman–Crippen MR) is 107 cm³/mol. The first kappa shape index (κ1) is 19.2. The molecular weight excluding hydrogens is 367 g/mol. The van der Waals surface area contributed by atoms with E-state index in [1.807, 2.05) is 24.3 Å². The van der Waals surface area contributed by atoms with Gasteiger partial charge in [-0.3, -0.25) is 9.69 Å². The third-order valence-electron chi connectivity index (χ3n) is 5.00. The summed E-state index contributed by atoms with van der Waals surface area (Å²) in [6.45, 7) is 5.15. The second kappa shape index (κ2) is 8.90. The van der Waals surface area contributed by atoms with Crippen molar-refractivity contribution in [2.24, 2.45) is 5.92 Å². The molecule has 5 heteroatoms. The number of likely N-dealkylation sites (tertiary alicyclic amines) is 1. The van der Waals surface area contributed by atoms with Gasteiger partial charge in [0.15, 0.2) is 0 Å². The van der Waals surface area contributed by atoms with Crippen LogP contribution in [0.5, 0.6) is 0 Å². The molecule has 1 N–H and O–H groups in total. The number of carbonyl (C=O) groups excluding carboxylic acids is 1. The summed E-state index contributed by atoms with van der Waals surface area (Å²) in [5, 5.41) is 4.43. The lowest BCUT2D eigenvalue weighted by molar-refractivity contribution is -0.126. The average molecular weight is 391 g/mol. The Morgan fingerprint density at radius 3 is 2.77 bits per heavy atom. The molecule has 0 aromatic heterocycles. The molecule has 1 saturated heterocycles. The summed E-state index contributed by atoms with van der Waals surface area (Å²) in [5.74, 6) is 0.166. The van der Waals surface area contributed by atoms with Crippen molar-refractivity contribution >= 4 is 29.1 Å². The average Bonchev–Trinajstić information content (AvgIpc) is 2.63. The quantitative estimate of drug-likeness (QED) is 0.792. The first-order valence-electron chi connectivity index (χ1n) is 9.01. The number of nitrogens with one attached hydrogen (secondary N) is 1. The van der Waals surface area contributed by atoms with Gasteiger partial charge in [0.25, 0.3) is 0 Å². The topological polar surface area (TPSA) is 32.3 Å². The highest BCUT2D eigenvalue weighted by Crippen LogP contribution is 2.25. The fourth-order valence-corrected chi connectivity index (χ4v) is 3.91. The Balaban J connectivity index is 1.55. The number of halogens is 2. The molecule has 1 fully saturated rings. The van der Waals surface area contributed by atoms with Gasteiger partial charge in [0, 0.05) is 29.7 Å². The highest BCUT2D eigenvalue weighted by Gasteiger charge is 2.26. The normalized spacial score (nSPS) is 17.9. The summed E-state index contributed by atoms with van der Waals surface area (Å²) in [5.41, 5.74) is 3.42. The van der Waals surface area contributed by atoms with Crippen LogP contribution < -0.4 is 5.32 Å². The number of aryl methyl sites for hydroxylation is 1. The van der Waals surface area contributed by atoms with Crippen LogP contribution in [-0.2, 0) is 17.9 Å². The monoisotopic (exact) mass is 390 g/mol. The Bertz CT molecular complexity index is 778. The second-order valence-electron chi connectivity index (χ2n) is 6.95. The molecule has 0 radical (unpaired) electrons. The molecule has 1 heterocycles. The number of nitrogens with zero attached hydrogens (tertiary/aromatic N) is 1. The maximum Gasteiger partial charge on any atom is 0.224 e. The van der Waals surface area contributed by atoms with E-state index >= 15 is 0 Å². The van der Waals surface area contributed by atoms with E-state index in [9.17, 15) is 4.79 Å². The molecule has 1 atom stereocenters. The van der Waals surface area contributed by atoms with Gasteiger partial charge in [-0.1, -0.05) is 53.5 Å². The van der Waals surface area contributed by atoms with Crippen molar-refractivity contribution < 1.29 is 4.79 Å². The van der Waals surface area contributed by atoms with Gasteiger partial charge in [-0.2, -0.15) is 0 Å². The maximum atomic E-state index is 12.6. The van der Waals surface area contributed by atoms with Crippen LogP contribution in [0, 0.1) is 12.8 Å². The van der Waals surface area contributed by atoms with Crippen molar-refractivity contribution in [3.8, 4) is 0 Å². The van der Waals surface area contributed by atoms with Crippen LogP contribution in [0.4, 0.5) is 0 Å². The van der Waals surface area contributed by atoms with Crippen molar-refractivity contribution in [3.05, 3.63) is 69.2 Å². The molecule has 26 heavy (non-hydrogen) atoms. The minimum absolute atomic E-state index is 0.0267. The first-order valence-corrected chi connectivity index (χ1v) is 9.77. The summed E-state index contributed by atoms with van der Waals surface area (Å²) in [6, 6.07) is 13.7. The third kappa shape index (κ3) is 5.00. The maximum absolute atomic E-state index is 12.6. The molecular formula is C21H24Cl2N2O. The Hall–Kier alpha value is -1.55. The standard InChI is InChI=1S/C21H24Cl2N2O/c1-15-5-2-3-6-16(15)12-24-21(26)18-7-4-10-25(14-18)13-17-8-9-19(22)11-20(17)23/h2-3,5-6,8-9,11,18H,4,7,10,12-14H2,1H3,(H,24,26). The van der Waals surface area contributed by atoms with Gasteiger partial charge in [-0.25, -0.2) is 0 Å². The lowest BCUT2D eigenvalue weighted by Gasteiger charge is -2.32. The summed E-state index contributed by atoms with van der Waals surface area (Å²) < 4.78 is 0. The van der Waals surface area contributed by atoms with Gasteiger partial charge in [0.2, 0.25) is 5.91 Å². The lowest BCUT2D eigenvalue weighted by Crippen LogP contribution is -2.42. The van der Waals surface area contributed by atoms with Crippen molar-refractivity contribution in [2.75, 3.05) is 13.1 Å². The van der Waals surface area contributed by atoms with E-state index in [0.29, 0.717) is 16.6 Å². The number of amides is 1. The Morgan fingerprint density at radius 1 is 1.19 bits per heavy atom. The summed E-state index contributed by atoms with van der Waals surface area (Å²) >= 11 is 12.3. The molecule has 1 aliphatic rings. The smallest absolute Gasteiger partial charge is 0.224 e. The van der Waals surface area contributed by atoms with E-state index in [1.54, 1.807) is 6.07 Å². The number of benzene rings is 2. The van der Waals surface area contributed by atoms with Crippen LogP contribution in [0.25, 0.3) is 0 Å². The highest BCUT2D eigenvalue weighted by molar-refractivity contribution is 6.35. The minimum atomic E-state index is 0.0267. The number of carbonyl (C=O) groups is 1. The molecule has 2 aromatic carbocycles. The Morgan fingerprint density at radius 2 is 2.00 bits per heavy atom. The zero-order valence-corrected chi connectivity index (χ0v) is 16.5. The van der Waals surface area contributed by atoms with E-state index in [0.717, 1.165) is 38.0 Å². The second-order valence-corrected chi connectivity index (χ2v) is 7.80. The Kier molecular flexibility index (Phi) is 6.58. The van der Waals surface area contributed by atoms with Gasteiger partial charge >= 0.3 is 0 Å². The molecule has 3 nitrogen and oxygen atoms in total. The third-order valence-corrected chi connectivity index (χ3v) is 5.59. The fourth-order valence-electron chi connectivity index (χ4n) is 3.44. The van der Waals surface area contributed by atoms with Crippen LogP contribution in [0.2, 0.25) is 10.0 Å². The lowest BCUT2D eigenvalue weighted by atomic mass is 9.96. The zero-order valence-electron chi connectivity index (χ0n) is 15.0. The molecule has 0 spiro atoms. The van der Waals surface area contributed by atoms with Crippen molar-refractivity contribution in [2.45, 2.75) is 32.9 Å². The van der Waals surface area contributed by atoms with Crippen LogP contribution in [-0.4, -0.2) is 23.9 Å². The molecule has 1 amide bonds. The largest absolute Gasteiger partial charge is 0.352 e. The summed E-state index contributed by atoms with van der Waals surface area (Å²) in [6.07, 6.45) is 1.96. The number of hydrogen-bond donors (Lipinski definition) is 1. The molecule has 138 valence electrons. The molecule has 0 bridgehead atoms. The van der Waals surface area contributed by atoms with E-state index in [1.165, 1.54) is 11.1 Å². The van der Waals surface area contributed by atoms with Crippen molar-refractivity contribution in [3.63, 3.8) is 0 Å². The number of rotatable bonds is 5. The highest BCUT2D eigenvalue weighted by atomic mass is 35.5. The van der Waals surface area contributed by atoms with Crippen LogP contribution in [0.15, 0.2) is 42.5 Å². The van der Waals surface area contributed by atoms with E-state index in [-0.39, 0.29) is 11.8 Å². The van der Waals surface area contributed by atoms with Crippen LogP contribution >= 0.6 is 23.2 Å². The molecule has 0 saturated carbocycles. The van der Waals surface area contributed by atoms with Gasteiger partial charge in [0.05, 0.1) is 5.92 Å². The minimum Gasteiger partial charge on any atom is -0.352 e. The van der Waals surface area contributed by atoms with Crippen LogP contribution in [0.1, 0.15) is 29.5 Å². The van der Waals surface area contributed by atoms with Crippen molar-refractivity contribution in [1.82, 2.24) is 10.2 Å². The molecule has 1 unspecified atom stereocenters.